The van der Waals surface area contributed by atoms with Gasteiger partial charge >= 0.3 is 0 Å². The van der Waals surface area contributed by atoms with E-state index >= 15 is 0 Å². The van der Waals surface area contributed by atoms with Crippen LogP contribution in [0.3, 0.4) is 0 Å². The number of ether oxygens (including phenoxy) is 2. The van der Waals surface area contributed by atoms with Crippen LogP contribution in [0.5, 0.6) is 11.5 Å². The fraction of sp³-hybridized carbons (Fsp3) is 0.214. The van der Waals surface area contributed by atoms with Crippen LogP contribution in [0, 0.1) is 0 Å². The molecule has 2 heterocycles. The Hall–Kier alpha value is -3.22. The number of fused-ring (bicyclic) bond motifs is 2. The summed E-state index contributed by atoms with van der Waals surface area (Å²) in [4.78, 5) is 9.91. The van der Waals surface area contributed by atoms with E-state index in [1.807, 2.05) is 24.3 Å². The minimum atomic E-state index is 0.648. The fourth-order valence-electron chi connectivity index (χ4n) is 3.63. The van der Waals surface area contributed by atoms with Crippen LogP contribution in [0.15, 0.2) is 66.7 Å². The lowest BCUT2D eigenvalue weighted by Crippen LogP contribution is -2.00. The molecule has 0 aliphatic carbocycles. The molecule has 34 heavy (non-hydrogen) atoms. The van der Waals surface area contributed by atoms with Crippen molar-refractivity contribution in [1.82, 2.24) is 9.97 Å². The molecule has 0 radical (unpaired) electrons. The van der Waals surface area contributed by atoms with Crippen molar-refractivity contribution in [3.63, 3.8) is 0 Å². The third kappa shape index (κ3) is 4.83. The molecule has 0 aliphatic rings. The molecule has 0 saturated heterocycles. The highest BCUT2D eigenvalue weighted by atomic mass is 32.1. The van der Waals surface area contributed by atoms with Crippen molar-refractivity contribution in [2.24, 2.45) is 0 Å². The molecule has 0 aliphatic heterocycles. The molecule has 0 N–H and O–H groups in total. The molecule has 0 fully saturated rings. The topological polar surface area (TPSA) is 44.2 Å². The number of hydrogen-bond acceptors (Lipinski definition) is 6. The Morgan fingerprint density at radius 1 is 0.765 bits per heavy atom. The molecule has 0 saturated carbocycles. The molecular formula is C28H26N2O2S2. The summed E-state index contributed by atoms with van der Waals surface area (Å²) in [7, 11) is 0. The minimum absolute atomic E-state index is 0.648. The molecule has 6 heteroatoms. The van der Waals surface area contributed by atoms with E-state index < -0.39 is 0 Å². The van der Waals surface area contributed by atoms with Crippen LogP contribution < -0.4 is 9.47 Å². The lowest BCUT2D eigenvalue weighted by molar-refractivity contribution is 0.301. The van der Waals surface area contributed by atoms with Gasteiger partial charge in [0, 0.05) is 17.2 Å². The van der Waals surface area contributed by atoms with Crippen molar-refractivity contribution in [3.05, 3.63) is 82.3 Å². The van der Waals surface area contributed by atoms with Gasteiger partial charge in [0.05, 0.1) is 33.6 Å². The molecule has 5 aromatic rings. The zero-order valence-corrected chi connectivity index (χ0v) is 20.9. The number of para-hydroxylation sites is 2. The van der Waals surface area contributed by atoms with Crippen molar-refractivity contribution >= 4 is 54.8 Å². The Balaban J connectivity index is 1.65. The summed E-state index contributed by atoms with van der Waals surface area (Å²) in [6.07, 6.45) is 4.06. The van der Waals surface area contributed by atoms with Crippen LogP contribution in [0.2, 0.25) is 0 Å². The van der Waals surface area contributed by atoms with E-state index in [1.165, 1.54) is 0 Å². The van der Waals surface area contributed by atoms with Crippen LogP contribution >= 0.6 is 22.7 Å². The van der Waals surface area contributed by atoms with Crippen LogP contribution in [0.25, 0.3) is 32.1 Å². The summed E-state index contributed by atoms with van der Waals surface area (Å²) in [6, 6.07) is 22.6. The highest BCUT2D eigenvalue weighted by molar-refractivity contribution is 7.22. The van der Waals surface area contributed by atoms with E-state index in [0.717, 1.165) is 65.9 Å². The average molecular weight is 487 g/mol. The molecule has 0 bridgehead atoms. The quantitative estimate of drug-likeness (QED) is 0.211. The first kappa shape index (κ1) is 22.6. The highest BCUT2D eigenvalue weighted by Crippen LogP contribution is 2.38. The maximum absolute atomic E-state index is 6.14. The van der Waals surface area contributed by atoms with Crippen molar-refractivity contribution in [3.8, 4) is 11.5 Å². The number of aromatic nitrogens is 2. The van der Waals surface area contributed by atoms with E-state index in [9.17, 15) is 0 Å². The summed E-state index contributed by atoms with van der Waals surface area (Å²) in [5.41, 5.74) is 4.00. The summed E-state index contributed by atoms with van der Waals surface area (Å²) < 4.78 is 14.3. The Labute approximate surface area is 207 Å². The van der Waals surface area contributed by atoms with Crippen LogP contribution in [0.1, 0.15) is 42.3 Å². The first-order valence-electron chi connectivity index (χ1n) is 11.6. The summed E-state index contributed by atoms with van der Waals surface area (Å²) in [6.45, 7) is 5.55. The zero-order chi connectivity index (χ0) is 23.3. The van der Waals surface area contributed by atoms with Crippen LogP contribution in [-0.4, -0.2) is 23.2 Å². The second-order valence-electron chi connectivity index (χ2n) is 7.93. The molecule has 0 unspecified atom stereocenters. The second kappa shape index (κ2) is 10.4. The number of thiazole rings is 2. The van der Waals surface area contributed by atoms with Gasteiger partial charge in [-0.3, -0.25) is 0 Å². The van der Waals surface area contributed by atoms with Gasteiger partial charge in [-0.2, -0.15) is 0 Å². The molecule has 172 valence electrons. The van der Waals surface area contributed by atoms with E-state index in [2.05, 4.69) is 62.4 Å². The zero-order valence-electron chi connectivity index (χ0n) is 19.3. The van der Waals surface area contributed by atoms with E-state index in [-0.39, 0.29) is 0 Å². The largest absolute Gasteiger partial charge is 0.493 e. The van der Waals surface area contributed by atoms with Crippen LogP contribution in [0.4, 0.5) is 0 Å². The standard InChI is InChI=1S/C28H26N2O2S2/c1-3-15-31-20-14-13-19(24(18-20)32-16-4-2)17-21(27-29-22-9-5-7-11-25(22)33-27)28-30-23-10-6-8-12-26(23)34-28/h5-14,17-18H,3-4,15-16H2,1-2H3. The lowest BCUT2D eigenvalue weighted by atomic mass is 10.1. The van der Waals surface area contributed by atoms with Gasteiger partial charge in [0.15, 0.2) is 0 Å². The molecule has 0 atom stereocenters. The number of rotatable bonds is 9. The predicted molar refractivity (Wildman–Crippen MR) is 144 cm³/mol. The van der Waals surface area contributed by atoms with Gasteiger partial charge in [-0.15, -0.1) is 22.7 Å². The monoisotopic (exact) mass is 486 g/mol. The Kier molecular flexibility index (Phi) is 6.88. The molecule has 2 aromatic heterocycles. The first-order chi connectivity index (χ1) is 16.7. The van der Waals surface area contributed by atoms with Crippen molar-refractivity contribution in [2.45, 2.75) is 26.7 Å². The second-order valence-corrected chi connectivity index (χ2v) is 9.99. The third-order valence-corrected chi connectivity index (χ3v) is 7.41. The van der Waals surface area contributed by atoms with Crippen molar-refractivity contribution in [1.29, 1.82) is 0 Å². The molecule has 5 rings (SSSR count). The van der Waals surface area contributed by atoms with Gasteiger partial charge < -0.3 is 9.47 Å². The van der Waals surface area contributed by atoms with Crippen molar-refractivity contribution < 1.29 is 9.47 Å². The molecule has 0 spiro atoms. The van der Waals surface area contributed by atoms with Gasteiger partial charge in [0.1, 0.15) is 21.5 Å². The van der Waals surface area contributed by atoms with E-state index in [1.54, 1.807) is 22.7 Å². The number of nitrogens with zero attached hydrogens (tertiary/aromatic N) is 2. The van der Waals surface area contributed by atoms with Gasteiger partial charge in [-0.05, 0) is 55.3 Å². The van der Waals surface area contributed by atoms with Gasteiger partial charge in [-0.25, -0.2) is 9.97 Å². The number of hydrogen-bond donors (Lipinski definition) is 0. The maximum atomic E-state index is 6.14. The normalized spacial score (nSPS) is 11.1. The predicted octanol–water partition coefficient (Wildman–Crippen LogP) is 8.07. The molecule has 4 nitrogen and oxygen atoms in total. The molecular weight excluding hydrogens is 460 g/mol. The summed E-state index contributed by atoms with van der Waals surface area (Å²) >= 11 is 3.38. The lowest BCUT2D eigenvalue weighted by Gasteiger charge is -2.12. The highest BCUT2D eigenvalue weighted by Gasteiger charge is 2.17. The Bertz CT molecular complexity index is 1310. The van der Waals surface area contributed by atoms with E-state index in [0.29, 0.717) is 13.2 Å². The maximum Gasteiger partial charge on any atom is 0.130 e. The average Bonchev–Trinajstić information content (AvgIpc) is 3.49. The SMILES string of the molecule is CCCOc1ccc(C=C(c2nc3ccccc3s2)c2nc3ccccc3s2)c(OCCC)c1. The first-order valence-corrected chi connectivity index (χ1v) is 13.2. The Morgan fingerprint density at radius 3 is 1.94 bits per heavy atom. The summed E-state index contributed by atoms with van der Waals surface area (Å²) in [5, 5.41) is 1.90. The fourth-order valence-corrected chi connectivity index (χ4v) is 5.66. The van der Waals surface area contributed by atoms with E-state index in [4.69, 9.17) is 19.4 Å². The molecule has 0 amide bonds. The third-order valence-electron chi connectivity index (χ3n) is 5.27. The van der Waals surface area contributed by atoms with Gasteiger partial charge in [-0.1, -0.05) is 38.1 Å². The van der Waals surface area contributed by atoms with Gasteiger partial charge in [0.2, 0.25) is 0 Å². The molecule has 3 aromatic carbocycles. The number of benzene rings is 3. The smallest absolute Gasteiger partial charge is 0.130 e. The summed E-state index contributed by atoms with van der Waals surface area (Å²) in [5.74, 6) is 1.64. The minimum Gasteiger partial charge on any atom is -0.493 e. The van der Waals surface area contributed by atoms with Crippen LogP contribution in [-0.2, 0) is 0 Å². The van der Waals surface area contributed by atoms with Crippen molar-refractivity contribution in [2.75, 3.05) is 13.2 Å². The Morgan fingerprint density at radius 2 is 1.35 bits per heavy atom. The van der Waals surface area contributed by atoms with Gasteiger partial charge in [0.25, 0.3) is 0 Å².